The molecule has 0 radical (unpaired) electrons. The second kappa shape index (κ2) is 4.54. The minimum atomic E-state index is 0.0199. The topological polar surface area (TPSA) is 15.8 Å². The van der Waals surface area contributed by atoms with Gasteiger partial charge in [-0.25, -0.2) is 0 Å². The van der Waals surface area contributed by atoms with Crippen molar-refractivity contribution in [2.75, 3.05) is 0 Å². The maximum absolute atomic E-state index is 3.78. The smallest absolute Gasteiger partial charge is 0.0509 e. The minimum Gasteiger partial charge on any atom is -0.354 e. The number of hydrogen-bond acceptors (Lipinski definition) is 0. The van der Waals surface area contributed by atoms with E-state index in [1.807, 2.05) is 0 Å². The van der Waals surface area contributed by atoms with Crippen molar-refractivity contribution >= 4 is 10.9 Å². The van der Waals surface area contributed by atoms with Gasteiger partial charge in [0.25, 0.3) is 0 Å². The van der Waals surface area contributed by atoms with E-state index in [1.54, 1.807) is 0 Å². The summed E-state index contributed by atoms with van der Waals surface area (Å²) in [5.74, 6) is 0. The Morgan fingerprint density at radius 2 is 1.26 bits per heavy atom. The van der Waals surface area contributed by atoms with Crippen molar-refractivity contribution in [2.24, 2.45) is 0 Å². The van der Waals surface area contributed by atoms with E-state index in [4.69, 9.17) is 0 Å². The molecule has 3 aromatic carbocycles. The van der Waals surface area contributed by atoms with E-state index in [2.05, 4.69) is 93.3 Å². The van der Waals surface area contributed by atoms with Crippen molar-refractivity contribution in [3.05, 3.63) is 82.9 Å². The van der Waals surface area contributed by atoms with Gasteiger partial charge < -0.3 is 4.98 Å². The minimum absolute atomic E-state index is 0.0199. The highest BCUT2D eigenvalue weighted by Crippen LogP contribution is 2.54. The van der Waals surface area contributed by atoms with E-state index >= 15 is 0 Å². The standard InChI is InChI=1S/C26H23N/c1-25(2)19-11-7-5-9-15(19)17-13-18-22(14-21(17)25)27-24-16-10-6-8-12-20(16)26(3,4)23(18)24/h5-14,27H,1-4H3. The number of aromatic amines is 1. The summed E-state index contributed by atoms with van der Waals surface area (Å²) in [6.07, 6.45) is 0. The molecule has 132 valence electrons. The van der Waals surface area contributed by atoms with Gasteiger partial charge in [0.15, 0.2) is 0 Å². The van der Waals surface area contributed by atoms with Gasteiger partial charge in [-0.1, -0.05) is 76.2 Å². The molecule has 0 saturated carbocycles. The first-order valence-corrected chi connectivity index (χ1v) is 9.81. The van der Waals surface area contributed by atoms with Crippen LogP contribution in [0.3, 0.4) is 0 Å². The van der Waals surface area contributed by atoms with Crippen LogP contribution >= 0.6 is 0 Å². The lowest BCUT2D eigenvalue weighted by molar-refractivity contribution is 0.660. The van der Waals surface area contributed by atoms with Crippen LogP contribution in [0.1, 0.15) is 49.9 Å². The third kappa shape index (κ3) is 1.66. The van der Waals surface area contributed by atoms with Gasteiger partial charge in [-0.3, -0.25) is 0 Å². The lowest BCUT2D eigenvalue weighted by Gasteiger charge is -2.23. The van der Waals surface area contributed by atoms with Gasteiger partial charge >= 0.3 is 0 Å². The molecule has 0 spiro atoms. The molecule has 0 bridgehead atoms. The number of hydrogen-bond donors (Lipinski definition) is 1. The van der Waals surface area contributed by atoms with Crippen molar-refractivity contribution < 1.29 is 0 Å². The van der Waals surface area contributed by atoms with Crippen molar-refractivity contribution in [3.63, 3.8) is 0 Å². The zero-order chi connectivity index (χ0) is 18.6. The Morgan fingerprint density at radius 3 is 2.00 bits per heavy atom. The molecule has 1 aromatic heterocycles. The zero-order valence-electron chi connectivity index (χ0n) is 16.3. The molecule has 0 saturated heterocycles. The zero-order valence-corrected chi connectivity index (χ0v) is 16.3. The van der Waals surface area contributed by atoms with Crippen molar-refractivity contribution in [1.82, 2.24) is 4.98 Å². The van der Waals surface area contributed by atoms with Gasteiger partial charge in [-0.2, -0.15) is 0 Å². The second-order valence-corrected chi connectivity index (χ2v) is 9.16. The van der Waals surface area contributed by atoms with E-state index < -0.39 is 0 Å². The average molecular weight is 349 g/mol. The molecule has 1 N–H and O–H groups in total. The molecule has 4 aromatic rings. The molecule has 0 fully saturated rings. The van der Waals surface area contributed by atoms with Gasteiger partial charge in [-0.05, 0) is 45.5 Å². The largest absolute Gasteiger partial charge is 0.354 e. The first kappa shape index (κ1) is 15.3. The maximum Gasteiger partial charge on any atom is 0.0509 e. The van der Waals surface area contributed by atoms with Gasteiger partial charge in [0, 0.05) is 27.3 Å². The van der Waals surface area contributed by atoms with E-state index in [9.17, 15) is 0 Å². The summed E-state index contributed by atoms with van der Waals surface area (Å²) in [6, 6.07) is 22.6. The lowest BCUT2D eigenvalue weighted by Crippen LogP contribution is -2.15. The summed E-state index contributed by atoms with van der Waals surface area (Å²) in [5.41, 5.74) is 12.5. The Kier molecular flexibility index (Phi) is 2.57. The number of benzene rings is 3. The van der Waals surface area contributed by atoms with E-state index in [0.29, 0.717) is 0 Å². The Labute approximate surface area is 160 Å². The fourth-order valence-electron chi connectivity index (χ4n) is 5.62. The van der Waals surface area contributed by atoms with Gasteiger partial charge in [-0.15, -0.1) is 0 Å². The number of nitrogens with one attached hydrogen (secondary N) is 1. The molecule has 0 aliphatic heterocycles. The average Bonchev–Trinajstić information content (AvgIpc) is 3.22. The molecule has 1 nitrogen and oxygen atoms in total. The highest BCUT2D eigenvalue weighted by molar-refractivity contribution is 6.01. The summed E-state index contributed by atoms with van der Waals surface area (Å²) in [4.78, 5) is 3.78. The molecular formula is C26H23N. The predicted molar refractivity (Wildman–Crippen MR) is 113 cm³/mol. The van der Waals surface area contributed by atoms with Crippen LogP contribution in [0, 0.1) is 0 Å². The molecule has 2 aliphatic rings. The molecular weight excluding hydrogens is 326 g/mol. The van der Waals surface area contributed by atoms with Crippen molar-refractivity contribution in [3.8, 4) is 22.4 Å². The van der Waals surface area contributed by atoms with E-state index in [1.165, 1.54) is 55.5 Å². The number of fused-ring (bicyclic) bond motifs is 8. The fraction of sp³-hybridized carbons (Fsp3) is 0.231. The SMILES string of the molecule is CC1(C)c2ccccc2-c2cc3c4c([nH]c3cc21)-c1ccccc1C4(C)C. The number of H-pyrrole nitrogens is 1. The van der Waals surface area contributed by atoms with Crippen LogP contribution in [0.4, 0.5) is 0 Å². The molecule has 27 heavy (non-hydrogen) atoms. The third-order valence-electron chi connectivity index (χ3n) is 7.00. The molecule has 1 heteroatoms. The highest BCUT2D eigenvalue weighted by atomic mass is 14.8. The Hall–Kier alpha value is -2.80. The molecule has 6 rings (SSSR count). The molecule has 2 aliphatic carbocycles. The van der Waals surface area contributed by atoms with Crippen LogP contribution in [0.2, 0.25) is 0 Å². The van der Waals surface area contributed by atoms with Crippen LogP contribution in [0.15, 0.2) is 60.7 Å². The summed E-state index contributed by atoms with van der Waals surface area (Å²) in [5, 5.41) is 1.37. The first-order valence-electron chi connectivity index (χ1n) is 9.81. The van der Waals surface area contributed by atoms with Crippen LogP contribution in [-0.4, -0.2) is 4.98 Å². The van der Waals surface area contributed by atoms with Crippen molar-refractivity contribution in [1.29, 1.82) is 0 Å². The number of aromatic nitrogens is 1. The van der Waals surface area contributed by atoms with E-state index in [-0.39, 0.29) is 10.8 Å². The van der Waals surface area contributed by atoms with Crippen LogP contribution in [0.25, 0.3) is 33.3 Å². The van der Waals surface area contributed by atoms with Gasteiger partial charge in [0.05, 0.1) is 5.69 Å². The Balaban J connectivity index is 1.73. The summed E-state index contributed by atoms with van der Waals surface area (Å²) >= 11 is 0. The molecule has 0 unspecified atom stereocenters. The molecule has 1 heterocycles. The predicted octanol–water partition coefficient (Wildman–Crippen LogP) is 6.78. The molecule has 0 amide bonds. The second-order valence-electron chi connectivity index (χ2n) is 9.16. The lowest BCUT2D eigenvalue weighted by atomic mass is 9.80. The van der Waals surface area contributed by atoms with Crippen LogP contribution in [-0.2, 0) is 10.8 Å². The third-order valence-corrected chi connectivity index (χ3v) is 7.00. The van der Waals surface area contributed by atoms with Crippen molar-refractivity contribution in [2.45, 2.75) is 38.5 Å². The summed E-state index contributed by atoms with van der Waals surface area (Å²) < 4.78 is 0. The quantitative estimate of drug-likeness (QED) is 0.360. The molecule has 0 atom stereocenters. The first-order chi connectivity index (χ1) is 12.9. The Morgan fingerprint density at radius 1 is 0.630 bits per heavy atom. The monoisotopic (exact) mass is 349 g/mol. The summed E-state index contributed by atoms with van der Waals surface area (Å²) in [7, 11) is 0. The van der Waals surface area contributed by atoms with Crippen LogP contribution < -0.4 is 0 Å². The normalized spacial score (nSPS) is 17.5. The van der Waals surface area contributed by atoms with Gasteiger partial charge in [0.2, 0.25) is 0 Å². The Bertz CT molecular complexity index is 1270. The highest BCUT2D eigenvalue weighted by Gasteiger charge is 2.40. The summed E-state index contributed by atoms with van der Waals surface area (Å²) in [6.45, 7) is 9.41. The van der Waals surface area contributed by atoms with Crippen LogP contribution in [0.5, 0.6) is 0 Å². The maximum atomic E-state index is 3.78. The fourth-order valence-corrected chi connectivity index (χ4v) is 5.62. The number of rotatable bonds is 0. The van der Waals surface area contributed by atoms with Gasteiger partial charge in [0.1, 0.15) is 0 Å². The van der Waals surface area contributed by atoms with E-state index in [0.717, 1.165) is 0 Å².